The summed E-state index contributed by atoms with van der Waals surface area (Å²) < 4.78 is 26.9. The molecule has 0 saturated carbocycles. The predicted octanol–water partition coefficient (Wildman–Crippen LogP) is 1.46. The molecule has 0 amide bonds. The second-order valence-corrected chi connectivity index (χ2v) is 4.67. The summed E-state index contributed by atoms with van der Waals surface area (Å²) in [6.07, 6.45) is 0.958. The number of hydrogen-bond acceptors (Lipinski definition) is 5. The van der Waals surface area contributed by atoms with Crippen molar-refractivity contribution in [3.05, 3.63) is 17.0 Å². The minimum Gasteiger partial charge on any atom is -0.396 e. The molecule has 1 saturated heterocycles. The van der Waals surface area contributed by atoms with Crippen LogP contribution in [0, 0.1) is 17.2 Å². The van der Waals surface area contributed by atoms with E-state index in [0.29, 0.717) is 5.82 Å². The van der Waals surface area contributed by atoms with Gasteiger partial charge in [0.1, 0.15) is 11.9 Å². The molecule has 1 fully saturated rings. The molecular weight excluding hydrogens is 278 g/mol. The minimum absolute atomic E-state index is 0.00790. The Bertz CT molecular complexity index is 520. The van der Waals surface area contributed by atoms with Gasteiger partial charge in [-0.15, -0.1) is 0 Å². The number of aromatic nitrogens is 2. The SMILES string of the molecule is N#Cc1ncc(N2CCC(F)(F)C(CO)C2)nc1Cl. The number of nitrogens with zero attached hydrogens (tertiary/aromatic N) is 4. The van der Waals surface area contributed by atoms with Gasteiger partial charge in [0.05, 0.1) is 18.7 Å². The summed E-state index contributed by atoms with van der Waals surface area (Å²) in [5.41, 5.74) is -0.00790. The Balaban J connectivity index is 2.20. The van der Waals surface area contributed by atoms with Crippen LogP contribution in [0.3, 0.4) is 0 Å². The highest BCUT2D eigenvalue weighted by molar-refractivity contribution is 6.30. The van der Waals surface area contributed by atoms with Crippen molar-refractivity contribution in [3.8, 4) is 6.07 Å². The van der Waals surface area contributed by atoms with E-state index in [-0.39, 0.29) is 30.4 Å². The Morgan fingerprint density at radius 2 is 2.37 bits per heavy atom. The fourth-order valence-corrected chi connectivity index (χ4v) is 2.14. The first-order valence-corrected chi connectivity index (χ1v) is 6.02. The van der Waals surface area contributed by atoms with Gasteiger partial charge in [-0.1, -0.05) is 11.6 Å². The molecule has 1 aromatic heterocycles. The van der Waals surface area contributed by atoms with Gasteiger partial charge in [-0.2, -0.15) is 5.26 Å². The molecule has 0 bridgehead atoms. The van der Waals surface area contributed by atoms with Crippen LogP contribution >= 0.6 is 11.6 Å². The standard InChI is InChI=1S/C11H11ClF2N4O/c12-10-8(3-15)16-4-9(17-10)18-2-1-11(13,14)7(5-18)6-19/h4,7,19H,1-2,5-6H2. The van der Waals surface area contributed by atoms with E-state index in [0.717, 1.165) is 0 Å². The lowest BCUT2D eigenvalue weighted by Crippen LogP contribution is -2.49. The van der Waals surface area contributed by atoms with Gasteiger partial charge in [0.15, 0.2) is 10.8 Å². The van der Waals surface area contributed by atoms with Gasteiger partial charge in [0.2, 0.25) is 0 Å². The minimum atomic E-state index is -2.88. The lowest BCUT2D eigenvalue weighted by atomic mass is 9.94. The van der Waals surface area contributed by atoms with Gasteiger partial charge >= 0.3 is 0 Å². The second kappa shape index (κ2) is 5.23. The average Bonchev–Trinajstić information content (AvgIpc) is 2.38. The van der Waals surface area contributed by atoms with E-state index in [1.165, 1.54) is 6.20 Å². The van der Waals surface area contributed by atoms with E-state index >= 15 is 0 Å². The Labute approximate surface area is 113 Å². The Hall–Kier alpha value is -1.52. The highest BCUT2D eigenvalue weighted by Crippen LogP contribution is 2.34. The fraction of sp³-hybridized carbons (Fsp3) is 0.545. The maximum atomic E-state index is 13.5. The van der Waals surface area contributed by atoms with Crippen LogP contribution in [0.15, 0.2) is 6.20 Å². The van der Waals surface area contributed by atoms with Crippen LogP contribution in [-0.2, 0) is 0 Å². The number of nitriles is 1. The molecule has 1 aliphatic rings. The van der Waals surface area contributed by atoms with Crippen molar-refractivity contribution >= 4 is 17.4 Å². The van der Waals surface area contributed by atoms with Gasteiger partial charge in [0.25, 0.3) is 5.92 Å². The highest BCUT2D eigenvalue weighted by atomic mass is 35.5. The lowest BCUT2D eigenvalue weighted by molar-refractivity contribution is -0.0880. The first-order chi connectivity index (χ1) is 8.97. The van der Waals surface area contributed by atoms with Crippen LogP contribution in [-0.4, -0.2) is 40.7 Å². The molecule has 102 valence electrons. The van der Waals surface area contributed by atoms with Crippen molar-refractivity contribution < 1.29 is 13.9 Å². The normalized spacial score (nSPS) is 22.1. The monoisotopic (exact) mass is 288 g/mol. The van der Waals surface area contributed by atoms with E-state index in [2.05, 4.69) is 9.97 Å². The summed E-state index contributed by atoms with van der Waals surface area (Å²) in [5.74, 6) is -3.69. The summed E-state index contributed by atoms with van der Waals surface area (Å²) in [6, 6.07) is 1.77. The number of aliphatic hydroxyl groups excluding tert-OH is 1. The van der Waals surface area contributed by atoms with Crippen LogP contribution in [0.5, 0.6) is 0 Å². The van der Waals surface area contributed by atoms with Crippen molar-refractivity contribution in [1.29, 1.82) is 5.26 Å². The molecule has 1 N–H and O–H groups in total. The highest BCUT2D eigenvalue weighted by Gasteiger charge is 2.44. The molecule has 1 atom stereocenters. The zero-order valence-corrected chi connectivity index (χ0v) is 10.6. The van der Waals surface area contributed by atoms with Crippen LogP contribution in [0.2, 0.25) is 5.15 Å². The fourth-order valence-electron chi connectivity index (χ4n) is 1.96. The zero-order valence-electron chi connectivity index (χ0n) is 9.85. The number of hydrogen-bond donors (Lipinski definition) is 1. The molecule has 0 spiro atoms. The number of aliphatic hydroxyl groups is 1. The molecule has 0 radical (unpaired) electrons. The Kier molecular flexibility index (Phi) is 3.83. The third-order valence-corrected chi connectivity index (χ3v) is 3.38. The maximum Gasteiger partial charge on any atom is 0.256 e. The third kappa shape index (κ3) is 2.74. The maximum absolute atomic E-state index is 13.5. The first-order valence-electron chi connectivity index (χ1n) is 5.64. The quantitative estimate of drug-likeness (QED) is 0.892. The van der Waals surface area contributed by atoms with E-state index in [1.54, 1.807) is 11.0 Å². The molecule has 1 aliphatic heterocycles. The molecule has 0 aliphatic carbocycles. The first kappa shape index (κ1) is 13.9. The van der Waals surface area contributed by atoms with Gasteiger partial charge in [-0.3, -0.25) is 0 Å². The molecule has 2 heterocycles. The van der Waals surface area contributed by atoms with Crippen LogP contribution < -0.4 is 4.90 Å². The van der Waals surface area contributed by atoms with E-state index in [1.807, 2.05) is 0 Å². The molecule has 19 heavy (non-hydrogen) atoms. The molecule has 8 heteroatoms. The summed E-state index contributed by atoms with van der Waals surface area (Å²) in [4.78, 5) is 9.36. The van der Waals surface area contributed by atoms with Crippen molar-refractivity contribution in [2.45, 2.75) is 12.3 Å². The van der Waals surface area contributed by atoms with E-state index in [9.17, 15) is 8.78 Å². The zero-order chi connectivity index (χ0) is 14.0. The van der Waals surface area contributed by atoms with Crippen LogP contribution in [0.25, 0.3) is 0 Å². The molecule has 2 rings (SSSR count). The Morgan fingerprint density at radius 3 is 2.95 bits per heavy atom. The topological polar surface area (TPSA) is 73.0 Å². The van der Waals surface area contributed by atoms with Gasteiger partial charge in [-0.05, 0) is 0 Å². The van der Waals surface area contributed by atoms with Crippen molar-refractivity contribution in [2.24, 2.45) is 5.92 Å². The summed E-state index contributed by atoms with van der Waals surface area (Å²) in [6.45, 7) is -0.526. The summed E-state index contributed by atoms with van der Waals surface area (Å²) in [7, 11) is 0. The van der Waals surface area contributed by atoms with Crippen LogP contribution in [0.1, 0.15) is 12.1 Å². The number of anilines is 1. The van der Waals surface area contributed by atoms with Gasteiger partial charge in [0, 0.05) is 19.5 Å². The Morgan fingerprint density at radius 1 is 1.63 bits per heavy atom. The van der Waals surface area contributed by atoms with Crippen LogP contribution in [0.4, 0.5) is 14.6 Å². The van der Waals surface area contributed by atoms with Crippen molar-refractivity contribution in [2.75, 3.05) is 24.6 Å². The number of rotatable bonds is 2. The number of halogens is 3. The van der Waals surface area contributed by atoms with Crippen molar-refractivity contribution in [3.63, 3.8) is 0 Å². The summed E-state index contributed by atoms with van der Waals surface area (Å²) >= 11 is 5.75. The van der Waals surface area contributed by atoms with Gasteiger partial charge in [-0.25, -0.2) is 18.7 Å². The van der Waals surface area contributed by atoms with E-state index in [4.69, 9.17) is 22.0 Å². The largest absolute Gasteiger partial charge is 0.396 e. The smallest absolute Gasteiger partial charge is 0.256 e. The van der Waals surface area contributed by atoms with Gasteiger partial charge < -0.3 is 10.0 Å². The molecular formula is C11H11ClF2N4O. The summed E-state index contributed by atoms with van der Waals surface area (Å²) in [5, 5.41) is 17.6. The predicted molar refractivity (Wildman–Crippen MR) is 64.1 cm³/mol. The average molecular weight is 289 g/mol. The molecule has 5 nitrogen and oxygen atoms in total. The van der Waals surface area contributed by atoms with E-state index < -0.39 is 18.4 Å². The lowest BCUT2D eigenvalue weighted by Gasteiger charge is -2.37. The second-order valence-electron chi connectivity index (χ2n) is 4.32. The third-order valence-electron chi connectivity index (χ3n) is 3.12. The number of piperidine rings is 1. The molecule has 1 aromatic rings. The number of alkyl halides is 2. The molecule has 0 aromatic carbocycles. The van der Waals surface area contributed by atoms with Crippen molar-refractivity contribution in [1.82, 2.24) is 9.97 Å². The molecule has 1 unspecified atom stereocenters.